The van der Waals surface area contributed by atoms with E-state index < -0.39 is 0 Å². The van der Waals surface area contributed by atoms with Gasteiger partial charge in [0.15, 0.2) is 5.96 Å². The molecular weight excluding hydrogens is 290 g/mol. The molecule has 6 nitrogen and oxygen atoms in total. The monoisotopic (exact) mass is 325 g/mol. The van der Waals surface area contributed by atoms with Gasteiger partial charge in [-0.3, -0.25) is 9.79 Å². The van der Waals surface area contributed by atoms with Crippen molar-refractivity contribution in [2.75, 3.05) is 40.3 Å². The number of hydrogen-bond acceptors (Lipinski definition) is 3. The van der Waals surface area contributed by atoms with Gasteiger partial charge in [-0.1, -0.05) is 13.8 Å². The Morgan fingerprint density at radius 2 is 1.83 bits per heavy atom. The van der Waals surface area contributed by atoms with Crippen molar-refractivity contribution >= 4 is 11.9 Å². The fourth-order valence-corrected chi connectivity index (χ4v) is 2.39. The van der Waals surface area contributed by atoms with Gasteiger partial charge in [-0.2, -0.15) is 0 Å². The van der Waals surface area contributed by atoms with Crippen molar-refractivity contribution in [2.24, 2.45) is 16.8 Å². The van der Waals surface area contributed by atoms with Gasteiger partial charge in [-0.05, 0) is 46.2 Å². The molecule has 3 N–H and O–H groups in total. The van der Waals surface area contributed by atoms with Gasteiger partial charge in [-0.25, -0.2) is 0 Å². The predicted molar refractivity (Wildman–Crippen MR) is 96.6 cm³/mol. The van der Waals surface area contributed by atoms with Gasteiger partial charge in [0.05, 0.1) is 6.54 Å². The summed E-state index contributed by atoms with van der Waals surface area (Å²) in [6.45, 7) is 9.48. The minimum atomic E-state index is 0.193. The third kappa shape index (κ3) is 8.79. The largest absolute Gasteiger partial charge is 0.357 e. The molecule has 1 aliphatic rings. The van der Waals surface area contributed by atoms with Crippen molar-refractivity contribution in [3.8, 4) is 0 Å². The Bertz CT molecular complexity index is 377. The van der Waals surface area contributed by atoms with E-state index in [1.165, 1.54) is 0 Å². The highest BCUT2D eigenvalue weighted by Gasteiger charge is 2.28. The number of amides is 1. The Morgan fingerprint density at radius 3 is 2.35 bits per heavy atom. The summed E-state index contributed by atoms with van der Waals surface area (Å²) in [6, 6.07) is 0.444. The molecule has 0 aromatic heterocycles. The van der Waals surface area contributed by atoms with Crippen molar-refractivity contribution in [1.29, 1.82) is 0 Å². The summed E-state index contributed by atoms with van der Waals surface area (Å²) in [5.41, 5.74) is 0. The SMILES string of the molecule is CCNC(=NCC(CC(C)C)N(C)C)NCCNC(=O)C1CC1. The smallest absolute Gasteiger partial charge is 0.223 e. The predicted octanol–water partition coefficient (Wildman–Crippen LogP) is 1.04. The molecule has 1 fully saturated rings. The van der Waals surface area contributed by atoms with Crippen molar-refractivity contribution in [3.05, 3.63) is 0 Å². The fraction of sp³-hybridized carbons (Fsp3) is 0.882. The van der Waals surface area contributed by atoms with E-state index in [2.05, 4.69) is 55.7 Å². The van der Waals surface area contributed by atoms with Gasteiger partial charge >= 0.3 is 0 Å². The molecule has 6 heteroatoms. The van der Waals surface area contributed by atoms with Gasteiger partial charge in [0.2, 0.25) is 5.91 Å². The molecule has 0 aromatic rings. The molecule has 0 spiro atoms. The molecule has 1 amide bonds. The van der Waals surface area contributed by atoms with Crippen LogP contribution in [0.25, 0.3) is 0 Å². The fourth-order valence-electron chi connectivity index (χ4n) is 2.39. The summed E-state index contributed by atoms with van der Waals surface area (Å²) in [4.78, 5) is 18.5. The molecule has 0 bridgehead atoms. The summed E-state index contributed by atoms with van der Waals surface area (Å²) >= 11 is 0. The number of carbonyl (C=O) groups is 1. The van der Waals surface area contributed by atoms with Crippen LogP contribution in [0.5, 0.6) is 0 Å². The van der Waals surface area contributed by atoms with Crippen molar-refractivity contribution in [2.45, 2.75) is 46.1 Å². The van der Waals surface area contributed by atoms with Crippen LogP contribution in [-0.2, 0) is 4.79 Å². The molecule has 1 unspecified atom stereocenters. The van der Waals surface area contributed by atoms with E-state index in [4.69, 9.17) is 4.99 Å². The molecule has 0 aromatic carbocycles. The molecule has 0 heterocycles. The van der Waals surface area contributed by atoms with E-state index in [1.807, 2.05) is 0 Å². The molecule has 0 aliphatic heterocycles. The van der Waals surface area contributed by atoms with Crippen LogP contribution in [0, 0.1) is 11.8 Å². The zero-order valence-corrected chi connectivity index (χ0v) is 15.5. The maximum absolute atomic E-state index is 11.6. The Hall–Kier alpha value is -1.30. The van der Waals surface area contributed by atoms with Crippen LogP contribution in [0.2, 0.25) is 0 Å². The molecule has 1 saturated carbocycles. The van der Waals surface area contributed by atoms with Crippen molar-refractivity contribution < 1.29 is 4.79 Å². The number of rotatable bonds is 10. The van der Waals surface area contributed by atoms with E-state index >= 15 is 0 Å². The van der Waals surface area contributed by atoms with E-state index in [1.54, 1.807) is 0 Å². The first kappa shape index (κ1) is 19.7. The van der Waals surface area contributed by atoms with Crippen molar-refractivity contribution in [1.82, 2.24) is 20.9 Å². The van der Waals surface area contributed by atoms with E-state index in [-0.39, 0.29) is 11.8 Å². The third-order valence-electron chi connectivity index (χ3n) is 3.94. The van der Waals surface area contributed by atoms with Gasteiger partial charge < -0.3 is 20.9 Å². The maximum Gasteiger partial charge on any atom is 0.223 e. The number of nitrogens with one attached hydrogen (secondary N) is 3. The Morgan fingerprint density at radius 1 is 1.17 bits per heavy atom. The number of guanidine groups is 1. The molecule has 23 heavy (non-hydrogen) atoms. The lowest BCUT2D eigenvalue weighted by Crippen LogP contribution is -2.42. The number of hydrogen-bond donors (Lipinski definition) is 3. The highest BCUT2D eigenvalue weighted by Crippen LogP contribution is 2.28. The second kappa shape index (κ2) is 10.5. The standard InChI is InChI=1S/C17H35N5O/c1-6-18-17(20-10-9-19-16(23)14-7-8-14)21-12-15(22(4)5)11-13(2)3/h13-15H,6-12H2,1-5H3,(H,19,23)(H2,18,20,21). The van der Waals surface area contributed by atoms with Gasteiger partial charge in [0.25, 0.3) is 0 Å². The van der Waals surface area contributed by atoms with Crippen LogP contribution in [-0.4, -0.2) is 63.1 Å². The minimum Gasteiger partial charge on any atom is -0.357 e. The molecule has 1 atom stereocenters. The van der Waals surface area contributed by atoms with Crippen LogP contribution in [0.3, 0.4) is 0 Å². The van der Waals surface area contributed by atoms with Crippen LogP contribution < -0.4 is 16.0 Å². The summed E-state index contributed by atoms with van der Waals surface area (Å²) < 4.78 is 0. The molecular formula is C17H35N5O. The average Bonchev–Trinajstić information content (AvgIpc) is 3.31. The molecule has 1 aliphatic carbocycles. The zero-order chi connectivity index (χ0) is 17.2. The lowest BCUT2D eigenvalue weighted by Gasteiger charge is -2.24. The minimum absolute atomic E-state index is 0.193. The number of carbonyl (C=O) groups excluding carboxylic acids is 1. The second-order valence-corrected chi connectivity index (χ2v) is 6.96. The van der Waals surface area contributed by atoms with Gasteiger partial charge in [0, 0.05) is 31.6 Å². The van der Waals surface area contributed by atoms with E-state index in [9.17, 15) is 4.79 Å². The molecule has 0 radical (unpaired) electrons. The second-order valence-electron chi connectivity index (χ2n) is 6.96. The number of nitrogens with zero attached hydrogens (tertiary/aromatic N) is 2. The first-order valence-corrected chi connectivity index (χ1v) is 8.90. The first-order valence-electron chi connectivity index (χ1n) is 8.90. The Balaban J connectivity index is 2.36. The topological polar surface area (TPSA) is 68.8 Å². The van der Waals surface area contributed by atoms with Gasteiger partial charge in [-0.15, -0.1) is 0 Å². The van der Waals surface area contributed by atoms with Crippen LogP contribution in [0.1, 0.15) is 40.0 Å². The lowest BCUT2D eigenvalue weighted by atomic mass is 10.0. The Kier molecular flexibility index (Phi) is 8.99. The maximum atomic E-state index is 11.6. The first-order chi connectivity index (χ1) is 10.9. The van der Waals surface area contributed by atoms with E-state index in [0.717, 1.165) is 38.3 Å². The molecule has 1 rings (SSSR count). The summed E-state index contributed by atoms with van der Waals surface area (Å²) in [7, 11) is 4.21. The number of likely N-dealkylation sites (N-methyl/N-ethyl adjacent to an activating group) is 1. The molecule has 134 valence electrons. The molecule has 0 saturated heterocycles. The third-order valence-corrected chi connectivity index (χ3v) is 3.94. The Labute approximate surface area is 141 Å². The van der Waals surface area contributed by atoms with Gasteiger partial charge in [0.1, 0.15) is 0 Å². The number of aliphatic imine (C=N–C) groups is 1. The highest BCUT2D eigenvalue weighted by atomic mass is 16.2. The van der Waals surface area contributed by atoms with Crippen LogP contribution in [0.4, 0.5) is 0 Å². The summed E-state index contributed by atoms with van der Waals surface area (Å²) in [5.74, 6) is 1.95. The lowest BCUT2D eigenvalue weighted by molar-refractivity contribution is -0.122. The summed E-state index contributed by atoms with van der Waals surface area (Å²) in [5, 5.41) is 9.51. The quantitative estimate of drug-likeness (QED) is 0.319. The van der Waals surface area contributed by atoms with E-state index in [0.29, 0.717) is 25.0 Å². The van der Waals surface area contributed by atoms with Crippen LogP contribution in [0.15, 0.2) is 4.99 Å². The highest BCUT2D eigenvalue weighted by molar-refractivity contribution is 5.81. The van der Waals surface area contributed by atoms with Crippen molar-refractivity contribution in [3.63, 3.8) is 0 Å². The van der Waals surface area contributed by atoms with Crippen LogP contribution >= 0.6 is 0 Å². The summed E-state index contributed by atoms with van der Waals surface area (Å²) in [6.07, 6.45) is 3.23. The zero-order valence-electron chi connectivity index (χ0n) is 15.5. The normalized spacial score (nSPS) is 16.6. The average molecular weight is 326 g/mol.